The van der Waals surface area contributed by atoms with Crippen molar-refractivity contribution in [1.82, 2.24) is 5.01 Å². The molecule has 0 aromatic rings. The van der Waals surface area contributed by atoms with E-state index in [0.29, 0.717) is 17.4 Å². The molecule has 31 heavy (non-hydrogen) atoms. The predicted molar refractivity (Wildman–Crippen MR) is 124 cm³/mol. The summed E-state index contributed by atoms with van der Waals surface area (Å²) in [6.45, 7) is 18.9. The molecule has 4 aliphatic rings. The van der Waals surface area contributed by atoms with Crippen molar-refractivity contribution in [2.24, 2.45) is 27.6 Å². The van der Waals surface area contributed by atoms with Crippen molar-refractivity contribution in [3.05, 3.63) is 0 Å². The van der Waals surface area contributed by atoms with Crippen molar-refractivity contribution in [2.75, 3.05) is 33.5 Å². The van der Waals surface area contributed by atoms with E-state index in [1.165, 1.54) is 12.8 Å². The fourth-order valence-electron chi connectivity index (χ4n) is 6.25. The van der Waals surface area contributed by atoms with Crippen molar-refractivity contribution in [3.63, 3.8) is 0 Å². The number of methoxy groups -OCH3 is 1. The summed E-state index contributed by atoms with van der Waals surface area (Å²) in [7, 11) is 1.74. The highest BCUT2D eigenvalue weighted by Crippen LogP contribution is 2.67. The van der Waals surface area contributed by atoms with Crippen molar-refractivity contribution >= 4 is 0 Å². The second kappa shape index (κ2) is 9.26. The van der Waals surface area contributed by atoms with Crippen LogP contribution in [0.5, 0.6) is 0 Å². The Morgan fingerprint density at radius 2 is 1.71 bits per heavy atom. The van der Waals surface area contributed by atoms with Gasteiger partial charge in [-0.25, -0.2) is 0 Å². The van der Waals surface area contributed by atoms with Gasteiger partial charge >= 0.3 is 0 Å². The molecule has 6 nitrogen and oxygen atoms in total. The predicted octanol–water partition coefficient (Wildman–Crippen LogP) is 5.66. The molecule has 6 heteroatoms. The molecule has 0 aromatic heterocycles. The molecule has 0 amide bonds. The van der Waals surface area contributed by atoms with E-state index in [1.807, 2.05) is 0 Å². The molecule has 4 unspecified atom stereocenters. The molecule has 2 bridgehead atoms. The van der Waals surface area contributed by atoms with E-state index in [2.05, 4.69) is 53.5 Å². The van der Waals surface area contributed by atoms with E-state index in [1.54, 1.807) is 7.11 Å². The first-order chi connectivity index (χ1) is 14.5. The lowest BCUT2D eigenvalue weighted by atomic mass is 9.41. The van der Waals surface area contributed by atoms with Gasteiger partial charge in [0.25, 0.3) is 0 Å². The fourth-order valence-corrected chi connectivity index (χ4v) is 6.25. The Morgan fingerprint density at radius 1 is 1.00 bits per heavy atom. The maximum atomic E-state index is 6.23. The lowest BCUT2D eigenvalue weighted by Crippen LogP contribution is -2.68. The minimum absolute atomic E-state index is 0.0683. The minimum atomic E-state index is -0.155. The van der Waals surface area contributed by atoms with E-state index >= 15 is 0 Å². The summed E-state index contributed by atoms with van der Waals surface area (Å²) >= 11 is 0. The molecule has 1 aliphatic heterocycles. The number of ether oxygens (including phenoxy) is 3. The lowest BCUT2D eigenvalue weighted by Gasteiger charge is -2.65. The quantitative estimate of drug-likeness (QED) is 0.349. The van der Waals surface area contributed by atoms with E-state index in [-0.39, 0.29) is 16.7 Å². The molecule has 1 heterocycles. The van der Waals surface area contributed by atoms with Crippen LogP contribution in [0, 0.1) is 17.3 Å². The Balaban J connectivity index is 1.67. The first-order valence-electron chi connectivity index (χ1n) is 12.4. The van der Waals surface area contributed by atoms with Gasteiger partial charge in [0.05, 0.1) is 17.2 Å². The van der Waals surface area contributed by atoms with E-state index < -0.39 is 0 Å². The molecule has 0 aromatic carbocycles. The summed E-state index contributed by atoms with van der Waals surface area (Å²) < 4.78 is 17.3. The first kappa shape index (κ1) is 24.9. The van der Waals surface area contributed by atoms with Gasteiger partial charge in [0.2, 0.25) is 0 Å². The molecular weight excluding hydrogens is 390 g/mol. The van der Waals surface area contributed by atoms with Crippen LogP contribution in [0.1, 0.15) is 87.0 Å². The summed E-state index contributed by atoms with van der Waals surface area (Å²) in [6, 6.07) is 0.422. The first-order valence-corrected chi connectivity index (χ1v) is 12.4. The Kier molecular flexibility index (Phi) is 7.44. The average Bonchev–Trinajstić information content (AvgIpc) is 3.07. The molecule has 4 atom stereocenters. The highest BCUT2D eigenvalue weighted by atomic mass is 16.5. The Labute approximate surface area is 190 Å². The highest BCUT2D eigenvalue weighted by molar-refractivity contribution is 5.21. The molecule has 3 saturated carbocycles. The van der Waals surface area contributed by atoms with Crippen LogP contribution in [0.4, 0.5) is 0 Å². The van der Waals surface area contributed by atoms with Gasteiger partial charge in [0.1, 0.15) is 5.54 Å². The highest BCUT2D eigenvalue weighted by Gasteiger charge is 2.68. The molecule has 3 aliphatic carbocycles. The SMILES string of the molecule is CCOC(C)(C)CCN1N=NC2(CCC(C)(C)OCCCOC)C1CC1CC2C1(C)C. The topological polar surface area (TPSA) is 55.7 Å². The molecule has 0 saturated heterocycles. The van der Waals surface area contributed by atoms with Crippen LogP contribution in [0.2, 0.25) is 0 Å². The largest absolute Gasteiger partial charge is 0.385 e. The normalized spacial score (nSPS) is 31.6. The number of nitrogens with zero attached hydrogens (tertiary/aromatic N) is 3. The third kappa shape index (κ3) is 5.11. The zero-order chi connectivity index (χ0) is 22.9. The van der Waals surface area contributed by atoms with Crippen LogP contribution < -0.4 is 0 Å². The molecule has 0 N–H and O–H groups in total. The van der Waals surface area contributed by atoms with Crippen LogP contribution in [0.3, 0.4) is 0 Å². The van der Waals surface area contributed by atoms with Gasteiger partial charge in [0, 0.05) is 33.5 Å². The van der Waals surface area contributed by atoms with Gasteiger partial charge < -0.3 is 14.2 Å². The summed E-state index contributed by atoms with van der Waals surface area (Å²) in [5.41, 5.74) is 0.0167. The van der Waals surface area contributed by atoms with Crippen molar-refractivity contribution in [1.29, 1.82) is 0 Å². The second-order valence-corrected chi connectivity index (χ2v) is 11.8. The number of hydrogen-bond donors (Lipinski definition) is 0. The third-order valence-corrected chi connectivity index (χ3v) is 8.46. The van der Waals surface area contributed by atoms with Crippen molar-refractivity contribution in [3.8, 4) is 0 Å². The van der Waals surface area contributed by atoms with Crippen LogP contribution in [0.15, 0.2) is 10.3 Å². The standard InChI is InChI=1S/C25H47N3O3/c1-9-30-23(4,5)13-14-28-21-18-19-17-20(24(19,6)7)25(21,26-27-28)12-11-22(2,3)31-16-10-15-29-8/h19-21H,9-18H2,1-8H3. The van der Waals surface area contributed by atoms with E-state index in [4.69, 9.17) is 24.5 Å². The van der Waals surface area contributed by atoms with E-state index in [0.717, 1.165) is 58.0 Å². The monoisotopic (exact) mass is 437 g/mol. The molecule has 3 fully saturated rings. The average molecular weight is 438 g/mol. The maximum Gasteiger partial charge on any atom is 0.109 e. The van der Waals surface area contributed by atoms with Gasteiger partial charge in [0.15, 0.2) is 0 Å². The van der Waals surface area contributed by atoms with Gasteiger partial charge in [-0.15, -0.1) is 0 Å². The maximum absolute atomic E-state index is 6.23. The molecule has 0 spiro atoms. The summed E-state index contributed by atoms with van der Waals surface area (Å²) in [6.07, 6.45) is 6.47. The molecular formula is C25H47N3O3. The van der Waals surface area contributed by atoms with Gasteiger partial charge in [-0.2, -0.15) is 5.11 Å². The Morgan fingerprint density at radius 3 is 2.35 bits per heavy atom. The fraction of sp³-hybridized carbons (Fsp3) is 1.00. The second-order valence-electron chi connectivity index (χ2n) is 11.8. The number of rotatable bonds is 13. The van der Waals surface area contributed by atoms with Crippen LogP contribution in [-0.4, -0.2) is 61.3 Å². The molecule has 180 valence electrons. The summed E-state index contributed by atoms with van der Waals surface area (Å²) in [5, 5.41) is 12.2. The van der Waals surface area contributed by atoms with Gasteiger partial charge in [-0.1, -0.05) is 19.1 Å². The van der Waals surface area contributed by atoms with Crippen LogP contribution in [0.25, 0.3) is 0 Å². The Hall–Kier alpha value is -0.720. The zero-order valence-corrected chi connectivity index (χ0v) is 21.4. The van der Waals surface area contributed by atoms with Gasteiger partial charge in [-0.3, -0.25) is 5.01 Å². The number of hydrogen-bond acceptors (Lipinski definition) is 6. The van der Waals surface area contributed by atoms with Crippen molar-refractivity contribution in [2.45, 2.75) is 110 Å². The van der Waals surface area contributed by atoms with Crippen LogP contribution >= 0.6 is 0 Å². The zero-order valence-electron chi connectivity index (χ0n) is 21.4. The van der Waals surface area contributed by atoms with Gasteiger partial charge in [-0.05, 0) is 90.4 Å². The minimum Gasteiger partial charge on any atom is -0.385 e. The summed E-state index contributed by atoms with van der Waals surface area (Å²) in [5.74, 6) is 1.40. The van der Waals surface area contributed by atoms with E-state index in [9.17, 15) is 0 Å². The van der Waals surface area contributed by atoms with Crippen molar-refractivity contribution < 1.29 is 14.2 Å². The summed E-state index contributed by atoms with van der Waals surface area (Å²) in [4.78, 5) is 0. The third-order valence-electron chi connectivity index (χ3n) is 8.46. The van der Waals surface area contributed by atoms with Crippen LogP contribution in [-0.2, 0) is 14.2 Å². The Bertz CT molecular complexity index is 634. The smallest absolute Gasteiger partial charge is 0.109 e. The molecule has 4 rings (SSSR count). The lowest BCUT2D eigenvalue weighted by molar-refractivity contribution is -0.150. The molecule has 0 radical (unpaired) electrons.